The number of hydrogen-bond acceptors (Lipinski definition) is 5. The van der Waals surface area contributed by atoms with Crippen molar-refractivity contribution >= 4 is 33.2 Å². The predicted molar refractivity (Wildman–Crippen MR) is 60.3 cm³/mol. The number of rotatable bonds is 5. The van der Waals surface area contributed by atoms with Gasteiger partial charge in [-0.1, -0.05) is 0 Å². The molecule has 0 saturated carbocycles. The molecule has 4 N–H and O–H groups in total. The second-order valence-electron chi connectivity index (χ2n) is 3.19. The van der Waals surface area contributed by atoms with Crippen LogP contribution in [0.25, 0.3) is 0 Å². The van der Waals surface area contributed by atoms with Crippen molar-refractivity contribution in [1.29, 1.82) is 0 Å². The van der Waals surface area contributed by atoms with Crippen LogP contribution in [-0.2, 0) is 14.8 Å². The summed E-state index contributed by atoms with van der Waals surface area (Å²) in [4.78, 5) is 21.2. The van der Waals surface area contributed by atoms with E-state index < -0.39 is 27.9 Å². The maximum Gasteiger partial charge on any atom is 0.321 e. The number of carbonyl (C=O) groups excluding carboxylic acids is 1. The lowest BCUT2D eigenvalue weighted by Crippen LogP contribution is -2.38. The quantitative estimate of drug-likeness (QED) is 0.675. The van der Waals surface area contributed by atoms with E-state index in [1.165, 1.54) is 12.3 Å². The monoisotopic (exact) mass is 278 g/mol. The number of carboxylic acid groups (broad SMARTS) is 1. The Morgan fingerprint density at radius 1 is 1.53 bits per heavy atom. The largest absolute Gasteiger partial charge is 0.480 e. The van der Waals surface area contributed by atoms with Gasteiger partial charge < -0.3 is 10.8 Å². The van der Waals surface area contributed by atoms with Gasteiger partial charge in [0.15, 0.2) is 0 Å². The van der Waals surface area contributed by atoms with E-state index in [0.717, 1.165) is 17.4 Å². The van der Waals surface area contributed by atoms with Crippen molar-refractivity contribution in [2.45, 2.75) is 17.9 Å². The molecule has 7 nitrogen and oxygen atoms in total. The van der Waals surface area contributed by atoms with Crippen LogP contribution in [0.4, 0.5) is 0 Å². The molecular formula is C8H10N2O5S2. The van der Waals surface area contributed by atoms with Gasteiger partial charge in [0.25, 0.3) is 5.91 Å². The zero-order chi connectivity index (χ0) is 13.2. The summed E-state index contributed by atoms with van der Waals surface area (Å²) in [5.41, 5.74) is 4.98. The van der Waals surface area contributed by atoms with Crippen molar-refractivity contribution in [3.8, 4) is 0 Å². The van der Waals surface area contributed by atoms with E-state index in [2.05, 4.69) is 0 Å². The summed E-state index contributed by atoms with van der Waals surface area (Å²) in [5, 5.41) is 9.81. The minimum Gasteiger partial charge on any atom is -0.480 e. The maximum absolute atomic E-state index is 11.7. The lowest BCUT2D eigenvalue weighted by molar-refractivity contribution is -0.138. The highest BCUT2D eigenvalue weighted by Gasteiger charge is 2.23. The lowest BCUT2D eigenvalue weighted by Gasteiger charge is -2.08. The Morgan fingerprint density at radius 2 is 2.12 bits per heavy atom. The molecule has 0 unspecified atom stereocenters. The van der Waals surface area contributed by atoms with E-state index in [4.69, 9.17) is 10.8 Å². The second kappa shape index (κ2) is 4.82. The van der Waals surface area contributed by atoms with E-state index in [9.17, 15) is 18.0 Å². The third kappa shape index (κ3) is 3.25. The van der Waals surface area contributed by atoms with Gasteiger partial charge in [0, 0.05) is 5.38 Å². The average molecular weight is 278 g/mol. The molecule has 0 spiro atoms. The first-order valence-corrected chi connectivity index (χ1v) is 6.74. The van der Waals surface area contributed by atoms with Gasteiger partial charge in [-0.05, 0) is 13.0 Å². The van der Waals surface area contributed by atoms with Crippen molar-refractivity contribution in [2.24, 2.45) is 5.73 Å². The Balaban J connectivity index is 2.97. The molecule has 1 heterocycles. The van der Waals surface area contributed by atoms with Crippen molar-refractivity contribution in [2.75, 3.05) is 0 Å². The number of hydrogen-bond donors (Lipinski definition) is 3. The molecule has 0 aromatic carbocycles. The van der Waals surface area contributed by atoms with Crippen molar-refractivity contribution in [3.63, 3.8) is 0 Å². The molecule has 1 atom stereocenters. The van der Waals surface area contributed by atoms with Gasteiger partial charge in [0.2, 0.25) is 10.0 Å². The number of carboxylic acids is 1. The minimum absolute atomic E-state index is 0.0911. The molecule has 0 saturated heterocycles. The molecule has 9 heteroatoms. The highest BCUT2D eigenvalue weighted by molar-refractivity contribution is 7.89. The number of thiophene rings is 1. The van der Waals surface area contributed by atoms with Crippen LogP contribution in [0.2, 0.25) is 0 Å². The van der Waals surface area contributed by atoms with Crippen LogP contribution in [0.1, 0.15) is 16.6 Å². The van der Waals surface area contributed by atoms with Gasteiger partial charge in [0.1, 0.15) is 6.04 Å². The highest BCUT2D eigenvalue weighted by atomic mass is 32.2. The third-order valence-corrected chi connectivity index (χ3v) is 4.45. The fourth-order valence-electron chi connectivity index (χ4n) is 0.940. The van der Waals surface area contributed by atoms with E-state index in [0.29, 0.717) is 0 Å². The van der Waals surface area contributed by atoms with Gasteiger partial charge in [-0.25, -0.2) is 8.42 Å². The molecule has 94 valence electrons. The van der Waals surface area contributed by atoms with Gasteiger partial charge in [-0.15, -0.1) is 11.3 Å². The fourth-order valence-corrected chi connectivity index (χ4v) is 3.26. The van der Waals surface area contributed by atoms with E-state index in [-0.39, 0.29) is 9.77 Å². The lowest BCUT2D eigenvalue weighted by atomic mass is 10.4. The van der Waals surface area contributed by atoms with Gasteiger partial charge in [-0.2, -0.15) is 4.72 Å². The molecule has 1 amide bonds. The molecule has 1 aromatic heterocycles. The predicted octanol–water partition coefficient (Wildman–Crippen LogP) is -0.402. The van der Waals surface area contributed by atoms with E-state index in [1.54, 1.807) is 0 Å². The third-order valence-electron chi connectivity index (χ3n) is 1.83. The number of amides is 1. The molecule has 17 heavy (non-hydrogen) atoms. The summed E-state index contributed by atoms with van der Waals surface area (Å²) in [7, 11) is -3.95. The Hall–Kier alpha value is -1.45. The summed E-state index contributed by atoms with van der Waals surface area (Å²) >= 11 is 0.879. The molecule has 1 aromatic rings. The molecule has 0 aliphatic carbocycles. The maximum atomic E-state index is 11.7. The molecule has 0 fully saturated rings. The molecule has 0 radical (unpaired) electrons. The van der Waals surface area contributed by atoms with E-state index in [1.807, 2.05) is 4.72 Å². The van der Waals surface area contributed by atoms with E-state index >= 15 is 0 Å². The van der Waals surface area contributed by atoms with Crippen LogP contribution >= 0.6 is 11.3 Å². The Labute approximate surface area is 101 Å². The van der Waals surface area contributed by atoms with Crippen LogP contribution in [0, 0.1) is 0 Å². The van der Waals surface area contributed by atoms with Gasteiger partial charge in [0.05, 0.1) is 9.77 Å². The summed E-state index contributed by atoms with van der Waals surface area (Å²) < 4.78 is 25.3. The standard InChI is InChI=1S/C8H10N2O5S2/c1-4(8(12)13)10-17(14,15)5-2-6(7(9)11)16-3-5/h2-4,10H,1H3,(H2,9,11)(H,12,13)/t4-/m0/s1. The Bertz CT molecular complexity index is 548. The smallest absolute Gasteiger partial charge is 0.321 e. The Kier molecular flexibility index (Phi) is 3.86. The summed E-state index contributed by atoms with van der Waals surface area (Å²) in [6.07, 6.45) is 0. The molecule has 1 rings (SSSR count). The van der Waals surface area contributed by atoms with Crippen molar-refractivity contribution in [1.82, 2.24) is 4.72 Å². The van der Waals surface area contributed by atoms with Crippen molar-refractivity contribution < 1.29 is 23.1 Å². The number of nitrogens with two attached hydrogens (primary N) is 1. The summed E-state index contributed by atoms with van der Waals surface area (Å²) in [5.74, 6) is -2.03. The first-order valence-electron chi connectivity index (χ1n) is 4.37. The van der Waals surface area contributed by atoms with Crippen LogP contribution in [0.5, 0.6) is 0 Å². The number of aliphatic carboxylic acids is 1. The normalized spacial score (nSPS) is 13.2. The van der Waals surface area contributed by atoms with Crippen molar-refractivity contribution in [3.05, 3.63) is 16.3 Å². The molecular weight excluding hydrogens is 268 g/mol. The summed E-state index contributed by atoms with van der Waals surface area (Å²) in [6, 6.07) is -0.152. The number of sulfonamides is 1. The fraction of sp³-hybridized carbons (Fsp3) is 0.250. The first kappa shape index (κ1) is 13.6. The minimum atomic E-state index is -3.95. The van der Waals surface area contributed by atoms with Gasteiger partial charge in [-0.3, -0.25) is 9.59 Å². The van der Waals surface area contributed by atoms with Gasteiger partial charge >= 0.3 is 5.97 Å². The molecule has 0 aliphatic heterocycles. The zero-order valence-corrected chi connectivity index (χ0v) is 10.3. The Morgan fingerprint density at radius 3 is 2.53 bits per heavy atom. The highest BCUT2D eigenvalue weighted by Crippen LogP contribution is 2.18. The SMILES string of the molecule is C[C@H](NS(=O)(=O)c1csc(C(N)=O)c1)C(=O)O. The number of primary amides is 1. The van der Waals surface area contributed by atoms with Crippen LogP contribution in [-0.4, -0.2) is 31.4 Å². The van der Waals surface area contributed by atoms with Crippen LogP contribution in [0.3, 0.4) is 0 Å². The zero-order valence-electron chi connectivity index (χ0n) is 8.71. The summed E-state index contributed by atoms with van der Waals surface area (Å²) in [6.45, 7) is 1.20. The first-order chi connectivity index (χ1) is 7.74. The number of carbonyl (C=O) groups is 2. The number of nitrogens with one attached hydrogen (secondary N) is 1. The average Bonchev–Trinajstić information content (AvgIpc) is 2.65. The molecule has 0 bridgehead atoms. The topological polar surface area (TPSA) is 127 Å². The second-order valence-corrected chi connectivity index (χ2v) is 5.82. The molecule has 0 aliphatic rings. The van der Waals surface area contributed by atoms with Crippen LogP contribution < -0.4 is 10.5 Å². The van der Waals surface area contributed by atoms with Crippen LogP contribution in [0.15, 0.2) is 16.3 Å².